The van der Waals surface area contributed by atoms with Gasteiger partial charge in [0.05, 0.1) is 0 Å². The SMILES string of the molecule is Cc1cc(C)c(Nc2nc(C)nc(N3CCSCC3)n2)c(C)c1. The lowest BCUT2D eigenvalue weighted by Crippen LogP contribution is -2.34. The van der Waals surface area contributed by atoms with Crippen LogP contribution in [0.4, 0.5) is 17.6 Å². The van der Waals surface area contributed by atoms with Gasteiger partial charge in [-0.2, -0.15) is 26.7 Å². The van der Waals surface area contributed by atoms with Gasteiger partial charge in [-0.1, -0.05) is 17.7 Å². The van der Waals surface area contributed by atoms with Crippen LogP contribution in [-0.2, 0) is 0 Å². The molecule has 0 aliphatic carbocycles. The van der Waals surface area contributed by atoms with E-state index >= 15 is 0 Å². The van der Waals surface area contributed by atoms with E-state index in [4.69, 9.17) is 0 Å². The van der Waals surface area contributed by atoms with Crippen molar-refractivity contribution in [2.45, 2.75) is 27.7 Å². The van der Waals surface area contributed by atoms with Crippen molar-refractivity contribution >= 4 is 29.3 Å². The molecule has 2 aromatic rings. The van der Waals surface area contributed by atoms with Crippen LogP contribution in [0.2, 0.25) is 0 Å². The summed E-state index contributed by atoms with van der Waals surface area (Å²) >= 11 is 1.98. The summed E-state index contributed by atoms with van der Waals surface area (Å²) in [5.74, 6) is 4.41. The van der Waals surface area contributed by atoms with Crippen LogP contribution in [0.25, 0.3) is 0 Å². The molecule has 6 heteroatoms. The van der Waals surface area contributed by atoms with E-state index in [0.29, 0.717) is 5.95 Å². The highest BCUT2D eigenvalue weighted by molar-refractivity contribution is 7.99. The predicted molar refractivity (Wildman–Crippen MR) is 98.0 cm³/mol. The molecule has 5 nitrogen and oxygen atoms in total. The highest BCUT2D eigenvalue weighted by Crippen LogP contribution is 2.25. The predicted octanol–water partition coefficient (Wildman–Crippen LogP) is 3.40. The zero-order chi connectivity index (χ0) is 16.4. The maximum atomic E-state index is 4.64. The van der Waals surface area contributed by atoms with Gasteiger partial charge in [0.25, 0.3) is 0 Å². The van der Waals surface area contributed by atoms with E-state index in [9.17, 15) is 0 Å². The fraction of sp³-hybridized carbons (Fsp3) is 0.471. The molecule has 122 valence electrons. The number of nitrogens with zero attached hydrogens (tertiary/aromatic N) is 4. The lowest BCUT2D eigenvalue weighted by molar-refractivity contribution is 0.799. The maximum absolute atomic E-state index is 4.64. The summed E-state index contributed by atoms with van der Waals surface area (Å²) in [5, 5.41) is 3.39. The number of rotatable bonds is 3. The molecule has 0 amide bonds. The molecule has 0 saturated carbocycles. The third-order valence-electron chi connectivity index (χ3n) is 3.94. The van der Waals surface area contributed by atoms with Gasteiger partial charge in [-0.05, 0) is 38.8 Å². The lowest BCUT2D eigenvalue weighted by Gasteiger charge is -2.26. The summed E-state index contributed by atoms with van der Waals surface area (Å²) in [6, 6.07) is 4.35. The Kier molecular flexibility index (Phi) is 4.71. The van der Waals surface area contributed by atoms with Gasteiger partial charge < -0.3 is 10.2 Å². The first-order chi connectivity index (χ1) is 11.0. The molecule has 1 N–H and O–H groups in total. The van der Waals surface area contributed by atoms with Crippen molar-refractivity contribution < 1.29 is 0 Å². The van der Waals surface area contributed by atoms with E-state index in [1.165, 1.54) is 16.7 Å². The van der Waals surface area contributed by atoms with Gasteiger partial charge in [0, 0.05) is 30.3 Å². The van der Waals surface area contributed by atoms with Crippen molar-refractivity contribution in [2.75, 3.05) is 34.8 Å². The molecule has 1 aliphatic heterocycles. The smallest absolute Gasteiger partial charge is 0.232 e. The third kappa shape index (κ3) is 3.75. The Bertz CT molecular complexity index is 687. The minimum atomic E-state index is 0.626. The Morgan fingerprint density at radius 3 is 2.26 bits per heavy atom. The molecule has 0 spiro atoms. The monoisotopic (exact) mass is 329 g/mol. The minimum absolute atomic E-state index is 0.626. The number of hydrogen-bond acceptors (Lipinski definition) is 6. The zero-order valence-electron chi connectivity index (χ0n) is 14.2. The first-order valence-corrected chi connectivity index (χ1v) is 9.08. The van der Waals surface area contributed by atoms with E-state index in [1.54, 1.807) is 0 Å². The van der Waals surface area contributed by atoms with Crippen LogP contribution in [0, 0.1) is 27.7 Å². The van der Waals surface area contributed by atoms with Crippen LogP contribution in [0.5, 0.6) is 0 Å². The molecule has 23 heavy (non-hydrogen) atoms. The Balaban J connectivity index is 1.90. The Morgan fingerprint density at radius 2 is 1.61 bits per heavy atom. The number of anilines is 3. The van der Waals surface area contributed by atoms with Gasteiger partial charge in [0.1, 0.15) is 5.82 Å². The first kappa shape index (κ1) is 16.1. The maximum Gasteiger partial charge on any atom is 0.232 e. The van der Waals surface area contributed by atoms with Crippen LogP contribution in [-0.4, -0.2) is 39.5 Å². The van der Waals surface area contributed by atoms with Gasteiger partial charge in [-0.15, -0.1) is 0 Å². The number of nitrogens with one attached hydrogen (secondary N) is 1. The highest BCUT2D eigenvalue weighted by Gasteiger charge is 2.16. The topological polar surface area (TPSA) is 53.9 Å². The van der Waals surface area contributed by atoms with Gasteiger partial charge in [0.2, 0.25) is 11.9 Å². The molecule has 1 saturated heterocycles. The van der Waals surface area contributed by atoms with Gasteiger partial charge in [-0.25, -0.2) is 0 Å². The molecule has 1 aliphatic rings. The molecule has 0 atom stereocenters. The summed E-state index contributed by atoms with van der Waals surface area (Å²) < 4.78 is 0. The Labute approximate surface area is 141 Å². The van der Waals surface area contributed by atoms with Crippen LogP contribution in [0.3, 0.4) is 0 Å². The Morgan fingerprint density at radius 1 is 0.957 bits per heavy atom. The van der Waals surface area contributed by atoms with Crippen molar-refractivity contribution in [3.8, 4) is 0 Å². The lowest BCUT2D eigenvalue weighted by atomic mass is 10.1. The summed E-state index contributed by atoms with van der Waals surface area (Å²) in [6.45, 7) is 10.2. The van der Waals surface area contributed by atoms with E-state index in [-0.39, 0.29) is 0 Å². The molecule has 0 bridgehead atoms. The molecule has 1 aromatic heterocycles. The second kappa shape index (κ2) is 6.74. The number of aromatic nitrogens is 3. The largest absolute Gasteiger partial charge is 0.339 e. The summed E-state index contributed by atoms with van der Waals surface area (Å²) in [6.07, 6.45) is 0. The van der Waals surface area contributed by atoms with Crippen LogP contribution < -0.4 is 10.2 Å². The number of benzene rings is 1. The summed E-state index contributed by atoms with van der Waals surface area (Å²) in [4.78, 5) is 15.9. The normalized spacial score (nSPS) is 14.9. The summed E-state index contributed by atoms with van der Waals surface area (Å²) in [7, 11) is 0. The van der Waals surface area contributed by atoms with E-state index in [2.05, 4.69) is 58.1 Å². The molecular formula is C17H23N5S. The highest BCUT2D eigenvalue weighted by atomic mass is 32.2. The molecule has 3 rings (SSSR count). The van der Waals surface area contributed by atoms with Crippen LogP contribution in [0.1, 0.15) is 22.5 Å². The molecule has 0 unspecified atom stereocenters. The standard InChI is InChI=1S/C17H23N5S/c1-11-9-12(2)15(13(3)10-11)20-16-18-14(4)19-17(21-16)22-5-7-23-8-6-22/h9-10H,5-8H2,1-4H3,(H,18,19,20,21). The van der Waals surface area contributed by atoms with Crippen molar-refractivity contribution in [3.05, 3.63) is 34.6 Å². The molecule has 0 radical (unpaired) electrons. The first-order valence-electron chi connectivity index (χ1n) is 7.93. The average Bonchev–Trinajstić information content (AvgIpc) is 2.51. The second-order valence-corrected chi connectivity index (χ2v) is 7.23. The quantitative estimate of drug-likeness (QED) is 0.931. The Hall–Kier alpha value is -1.82. The van der Waals surface area contributed by atoms with Crippen molar-refractivity contribution in [3.63, 3.8) is 0 Å². The van der Waals surface area contributed by atoms with Gasteiger partial charge >= 0.3 is 0 Å². The molecule has 1 fully saturated rings. The van der Waals surface area contributed by atoms with Crippen LogP contribution in [0.15, 0.2) is 12.1 Å². The number of hydrogen-bond donors (Lipinski definition) is 1. The molecular weight excluding hydrogens is 306 g/mol. The van der Waals surface area contributed by atoms with E-state index < -0.39 is 0 Å². The zero-order valence-corrected chi connectivity index (χ0v) is 15.0. The van der Waals surface area contributed by atoms with Crippen molar-refractivity contribution in [2.24, 2.45) is 0 Å². The fourth-order valence-corrected chi connectivity index (χ4v) is 3.82. The van der Waals surface area contributed by atoms with Crippen LogP contribution >= 0.6 is 11.8 Å². The van der Waals surface area contributed by atoms with Gasteiger partial charge in [0.15, 0.2) is 0 Å². The van der Waals surface area contributed by atoms with E-state index in [1.807, 2.05) is 18.7 Å². The number of aryl methyl sites for hydroxylation is 4. The van der Waals surface area contributed by atoms with Crippen molar-refractivity contribution in [1.29, 1.82) is 0 Å². The minimum Gasteiger partial charge on any atom is -0.339 e. The van der Waals surface area contributed by atoms with Crippen molar-refractivity contribution in [1.82, 2.24) is 15.0 Å². The van der Waals surface area contributed by atoms with Gasteiger partial charge in [-0.3, -0.25) is 0 Å². The molecule has 2 heterocycles. The molecule has 1 aromatic carbocycles. The number of thioether (sulfide) groups is 1. The second-order valence-electron chi connectivity index (χ2n) is 6.00. The average molecular weight is 329 g/mol. The third-order valence-corrected chi connectivity index (χ3v) is 4.89. The fourth-order valence-electron chi connectivity index (χ4n) is 2.92. The van der Waals surface area contributed by atoms with E-state index in [0.717, 1.165) is 42.1 Å². The summed E-state index contributed by atoms with van der Waals surface area (Å²) in [5.41, 5.74) is 4.76.